The lowest BCUT2D eigenvalue weighted by atomic mass is 10.1. The van der Waals surface area contributed by atoms with Crippen LogP contribution in [0.5, 0.6) is 0 Å². The van der Waals surface area contributed by atoms with Gasteiger partial charge < -0.3 is 15.3 Å². The van der Waals surface area contributed by atoms with E-state index in [9.17, 15) is 4.79 Å². The fraction of sp³-hybridized carbons (Fsp3) is 0.500. The second-order valence-corrected chi connectivity index (χ2v) is 5.25. The van der Waals surface area contributed by atoms with Gasteiger partial charge in [0.2, 0.25) is 0 Å². The van der Waals surface area contributed by atoms with Crippen molar-refractivity contribution in [2.75, 3.05) is 31.6 Å². The quantitative estimate of drug-likeness (QED) is 0.890. The summed E-state index contributed by atoms with van der Waals surface area (Å²) in [5, 5.41) is 12.9. The van der Waals surface area contributed by atoms with Crippen LogP contribution < -0.4 is 5.32 Å². The van der Waals surface area contributed by atoms with E-state index in [0.29, 0.717) is 23.7 Å². The Bertz CT molecular complexity index is 465. The molecule has 19 heavy (non-hydrogen) atoms. The molecule has 1 amide bonds. The number of amides is 1. The molecule has 1 aliphatic rings. The number of aliphatic hydroxyl groups is 1. The van der Waals surface area contributed by atoms with Crippen molar-refractivity contribution in [3.63, 3.8) is 0 Å². The predicted molar refractivity (Wildman–Crippen MR) is 76.7 cm³/mol. The van der Waals surface area contributed by atoms with E-state index in [1.165, 1.54) is 0 Å². The molecular weight excluding hydrogens is 264 g/mol. The summed E-state index contributed by atoms with van der Waals surface area (Å²) in [5.41, 5.74) is 1.41. The molecule has 1 aromatic carbocycles. The Morgan fingerprint density at radius 2 is 2.37 bits per heavy atom. The van der Waals surface area contributed by atoms with E-state index in [1.54, 1.807) is 17.0 Å². The van der Waals surface area contributed by atoms with E-state index in [-0.39, 0.29) is 18.4 Å². The Kier molecular flexibility index (Phi) is 4.66. The first-order valence-corrected chi connectivity index (χ1v) is 6.97. The average molecular weight is 283 g/mol. The standard InChI is InChI=1S/C14H19ClN2O2/c1-2-16-13-4-3-11(15)7-12(13)14(19)17-6-5-10(8-17)9-18/h3-4,7,10,16,18H,2,5-6,8-9H2,1H3. The third-order valence-corrected chi connectivity index (χ3v) is 3.65. The minimum absolute atomic E-state index is 0.0191. The molecule has 0 spiro atoms. The smallest absolute Gasteiger partial charge is 0.256 e. The molecule has 0 aromatic heterocycles. The molecule has 1 heterocycles. The minimum Gasteiger partial charge on any atom is -0.396 e. The molecule has 1 atom stereocenters. The number of nitrogens with one attached hydrogen (secondary N) is 1. The molecule has 1 aliphatic heterocycles. The van der Waals surface area contributed by atoms with E-state index < -0.39 is 0 Å². The summed E-state index contributed by atoms with van der Waals surface area (Å²) in [4.78, 5) is 14.3. The Balaban J connectivity index is 2.20. The minimum atomic E-state index is -0.0191. The zero-order chi connectivity index (χ0) is 13.8. The summed E-state index contributed by atoms with van der Waals surface area (Å²) in [5.74, 6) is 0.181. The first-order chi connectivity index (χ1) is 9.15. The topological polar surface area (TPSA) is 52.6 Å². The molecule has 0 saturated carbocycles. The van der Waals surface area contributed by atoms with E-state index >= 15 is 0 Å². The summed E-state index contributed by atoms with van der Waals surface area (Å²) in [6, 6.07) is 5.31. The van der Waals surface area contributed by atoms with Crippen molar-refractivity contribution in [2.45, 2.75) is 13.3 Å². The summed E-state index contributed by atoms with van der Waals surface area (Å²) in [6.07, 6.45) is 0.860. The van der Waals surface area contributed by atoms with Gasteiger partial charge >= 0.3 is 0 Å². The summed E-state index contributed by atoms with van der Waals surface area (Å²) in [7, 11) is 0. The van der Waals surface area contributed by atoms with Gasteiger partial charge in [0.1, 0.15) is 0 Å². The van der Waals surface area contributed by atoms with Gasteiger partial charge in [-0.1, -0.05) is 11.6 Å². The van der Waals surface area contributed by atoms with Gasteiger partial charge in [-0.25, -0.2) is 0 Å². The molecule has 1 saturated heterocycles. The van der Waals surface area contributed by atoms with Crippen LogP contribution in [0.3, 0.4) is 0 Å². The van der Waals surface area contributed by atoms with Gasteiger partial charge in [-0.05, 0) is 31.5 Å². The third-order valence-electron chi connectivity index (χ3n) is 3.41. The highest BCUT2D eigenvalue weighted by Gasteiger charge is 2.27. The van der Waals surface area contributed by atoms with E-state index in [2.05, 4.69) is 5.32 Å². The molecular formula is C14H19ClN2O2. The number of benzene rings is 1. The zero-order valence-corrected chi connectivity index (χ0v) is 11.8. The first-order valence-electron chi connectivity index (χ1n) is 6.59. The van der Waals surface area contributed by atoms with Crippen molar-refractivity contribution in [1.82, 2.24) is 4.90 Å². The van der Waals surface area contributed by atoms with E-state index in [0.717, 1.165) is 18.7 Å². The predicted octanol–water partition coefficient (Wildman–Crippen LogP) is 2.23. The summed E-state index contributed by atoms with van der Waals surface area (Å²) in [6.45, 7) is 4.19. The highest BCUT2D eigenvalue weighted by Crippen LogP contribution is 2.25. The Morgan fingerprint density at radius 3 is 3.00 bits per heavy atom. The molecule has 1 aromatic rings. The Hall–Kier alpha value is -1.26. The monoisotopic (exact) mass is 282 g/mol. The first kappa shape index (κ1) is 14.2. The molecule has 5 heteroatoms. The largest absolute Gasteiger partial charge is 0.396 e. The number of carbonyl (C=O) groups is 1. The van der Waals surface area contributed by atoms with Crippen molar-refractivity contribution in [3.8, 4) is 0 Å². The van der Waals surface area contributed by atoms with Crippen molar-refractivity contribution in [2.24, 2.45) is 5.92 Å². The van der Waals surface area contributed by atoms with Gasteiger partial charge in [0.05, 0.1) is 5.56 Å². The van der Waals surface area contributed by atoms with Gasteiger partial charge in [0.25, 0.3) is 5.91 Å². The van der Waals surface area contributed by atoms with Crippen LogP contribution in [-0.2, 0) is 0 Å². The SMILES string of the molecule is CCNc1ccc(Cl)cc1C(=O)N1CCC(CO)C1. The van der Waals surface area contributed by atoms with Gasteiger partial charge in [-0.3, -0.25) is 4.79 Å². The number of carbonyl (C=O) groups excluding carboxylic acids is 1. The molecule has 1 fully saturated rings. The highest BCUT2D eigenvalue weighted by atomic mass is 35.5. The number of likely N-dealkylation sites (tertiary alicyclic amines) is 1. The second kappa shape index (κ2) is 6.26. The molecule has 1 unspecified atom stereocenters. The van der Waals surface area contributed by atoms with Crippen LogP contribution in [0.1, 0.15) is 23.7 Å². The fourth-order valence-corrected chi connectivity index (χ4v) is 2.55. The second-order valence-electron chi connectivity index (χ2n) is 4.81. The molecule has 2 rings (SSSR count). The Labute approximate surface area is 118 Å². The van der Waals surface area contributed by atoms with Crippen LogP contribution in [0, 0.1) is 5.92 Å². The molecule has 104 valence electrons. The summed E-state index contributed by atoms with van der Waals surface area (Å²) < 4.78 is 0. The van der Waals surface area contributed by atoms with Crippen LogP contribution in [-0.4, -0.2) is 42.2 Å². The van der Waals surface area contributed by atoms with Crippen LogP contribution >= 0.6 is 11.6 Å². The van der Waals surface area contributed by atoms with Crippen LogP contribution in [0.25, 0.3) is 0 Å². The number of anilines is 1. The Morgan fingerprint density at radius 1 is 1.58 bits per heavy atom. The van der Waals surface area contributed by atoms with Crippen molar-refractivity contribution >= 4 is 23.2 Å². The maximum absolute atomic E-state index is 12.5. The van der Waals surface area contributed by atoms with Crippen molar-refractivity contribution in [1.29, 1.82) is 0 Å². The number of halogens is 1. The van der Waals surface area contributed by atoms with Crippen LogP contribution in [0.4, 0.5) is 5.69 Å². The van der Waals surface area contributed by atoms with Crippen molar-refractivity contribution < 1.29 is 9.90 Å². The number of hydrogen-bond acceptors (Lipinski definition) is 3. The summed E-state index contributed by atoms with van der Waals surface area (Å²) >= 11 is 5.99. The lowest BCUT2D eigenvalue weighted by molar-refractivity contribution is 0.0783. The molecule has 4 nitrogen and oxygen atoms in total. The molecule has 0 radical (unpaired) electrons. The van der Waals surface area contributed by atoms with Gasteiger partial charge in [0, 0.05) is 42.9 Å². The van der Waals surface area contributed by atoms with E-state index in [1.807, 2.05) is 13.0 Å². The highest BCUT2D eigenvalue weighted by molar-refractivity contribution is 6.31. The average Bonchev–Trinajstić information content (AvgIpc) is 2.89. The molecule has 0 bridgehead atoms. The fourth-order valence-electron chi connectivity index (χ4n) is 2.37. The van der Waals surface area contributed by atoms with Crippen molar-refractivity contribution in [3.05, 3.63) is 28.8 Å². The normalized spacial score (nSPS) is 18.7. The zero-order valence-electron chi connectivity index (χ0n) is 11.0. The maximum Gasteiger partial charge on any atom is 0.256 e. The lowest BCUT2D eigenvalue weighted by Gasteiger charge is -2.19. The lowest BCUT2D eigenvalue weighted by Crippen LogP contribution is -2.29. The molecule has 2 N–H and O–H groups in total. The third kappa shape index (κ3) is 3.19. The number of rotatable bonds is 4. The maximum atomic E-state index is 12.5. The van der Waals surface area contributed by atoms with Gasteiger partial charge in [0.15, 0.2) is 0 Å². The molecule has 0 aliphatic carbocycles. The van der Waals surface area contributed by atoms with Gasteiger partial charge in [-0.2, -0.15) is 0 Å². The number of hydrogen-bond donors (Lipinski definition) is 2. The van der Waals surface area contributed by atoms with E-state index in [4.69, 9.17) is 16.7 Å². The number of aliphatic hydroxyl groups excluding tert-OH is 1. The van der Waals surface area contributed by atoms with Gasteiger partial charge in [-0.15, -0.1) is 0 Å². The number of nitrogens with zero attached hydrogens (tertiary/aromatic N) is 1. The van der Waals surface area contributed by atoms with Crippen LogP contribution in [0.15, 0.2) is 18.2 Å². The van der Waals surface area contributed by atoms with Crippen LogP contribution in [0.2, 0.25) is 5.02 Å².